The van der Waals surface area contributed by atoms with Gasteiger partial charge in [-0.3, -0.25) is 4.79 Å². The molecule has 0 aliphatic heterocycles. The lowest BCUT2D eigenvalue weighted by molar-refractivity contribution is -0.153. The van der Waals surface area contributed by atoms with E-state index in [9.17, 15) is 4.79 Å². The lowest BCUT2D eigenvalue weighted by Gasteiger charge is -2.19. The van der Waals surface area contributed by atoms with Gasteiger partial charge < -0.3 is 9.30 Å². The number of aromatic nitrogens is 2. The van der Waals surface area contributed by atoms with Crippen LogP contribution in [0, 0.1) is 0 Å². The van der Waals surface area contributed by atoms with Gasteiger partial charge in [0, 0.05) is 7.05 Å². The van der Waals surface area contributed by atoms with E-state index in [1.807, 2.05) is 50.6 Å². The molecule has 0 aliphatic rings. The van der Waals surface area contributed by atoms with Crippen molar-refractivity contribution in [1.82, 2.24) is 9.55 Å². The molecule has 0 spiro atoms. The molecule has 0 atom stereocenters. The molecule has 0 radical (unpaired) electrons. The average molecular weight is 246 g/mol. The number of nitrogens with zero attached hydrogens (tertiary/aromatic N) is 2. The molecule has 1 aromatic heterocycles. The number of carbonyl (C=O) groups is 1. The third-order valence-electron chi connectivity index (χ3n) is 2.56. The first kappa shape index (κ1) is 12.6. The summed E-state index contributed by atoms with van der Waals surface area (Å²) in [6.07, 6.45) is 2.05. The van der Waals surface area contributed by atoms with Crippen LogP contribution in [0.15, 0.2) is 24.5 Å². The summed E-state index contributed by atoms with van der Waals surface area (Å²) < 4.78 is 7.25. The van der Waals surface area contributed by atoms with E-state index in [1.54, 1.807) is 6.33 Å². The van der Waals surface area contributed by atoms with Gasteiger partial charge in [0.1, 0.15) is 5.60 Å². The lowest BCUT2D eigenvalue weighted by atomic mass is 10.1. The summed E-state index contributed by atoms with van der Waals surface area (Å²) in [5, 5.41) is 0. The van der Waals surface area contributed by atoms with Crippen molar-refractivity contribution < 1.29 is 9.53 Å². The van der Waals surface area contributed by atoms with Crippen molar-refractivity contribution in [2.75, 3.05) is 0 Å². The first-order chi connectivity index (χ1) is 8.35. The second kappa shape index (κ2) is 4.44. The third kappa shape index (κ3) is 2.88. The molecule has 1 aromatic carbocycles. The highest BCUT2D eigenvalue weighted by Gasteiger charge is 2.16. The van der Waals surface area contributed by atoms with Gasteiger partial charge in [-0.05, 0) is 38.5 Å². The predicted octanol–water partition coefficient (Wildman–Crippen LogP) is 2.46. The molecule has 0 amide bonds. The van der Waals surface area contributed by atoms with Crippen molar-refractivity contribution in [3.63, 3.8) is 0 Å². The number of ether oxygens (including phenoxy) is 1. The fourth-order valence-corrected chi connectivity index (χ4v) is 1.84. The van der Waals surface area contributed by atoms with Crippen LogP contribution in [-0.2, 0) is 23.0 Å². The van der Waals surface area contributed by atoms with Gasteiger partial charge in [-0.25, -0.2) is 4.98 Å². The first-order valence-corrected chi connectivity index (χ1v) is 5.97. The largest absolute Gasteiger partial charge is 0.460 e. The fourth-order valence-electron chi connectivity index (χ4n) is 1.84. The Morgan fingerprint density at radius 2 is 2.11 bits per heavy atom. The van der Waals surface area contributed by atoms with Crippen molar-refractivity contribution in [3.05, 3.63) is 30.1 Å². The average Bonchev–Trinajstić information content (AvgIpc) is 2.57. The lowest BCUT2D eigenvalue weighted by Crippen LogP contribution is -2.24. The normalized spacial score (nSPS) is 11.8. The van der Waals surface area contributed by atoms with Crippen LogP contribution in [0.25, 0.3) is 11.0 Å². The summed E-state index contributed by atoms with van der Waals surface area (Å²) in [4.78, 5) is 16.0. The zero-order chi connectivity index (χ0) is 13.3. The summed E-state index contributed by atoms with van der Waals surface area (Å²) in [7, 11) is 1.95. The topological polar surface area (TPSA) is 44.1 Å². The van der Waals surface area contributed by atoms with Gasteiger partial charge in [0.2, 0.25) is 0 Å². The minimum atomic E-state index is -0.438. The monoisotopic (exact) mass is 246 g/mol. The molecule has 0 fully saturated rings. The molecular weight excluding hydrogens is 228 g/mol. The number of carbonyl (C=O) groups excluding carboxylic acids is 1. The highest BCUT2D eigenvalue weighted by molar-refractivity contribution is 5.79. The molecule has 0 aliphatic carbocycles. The molecular formula is C14H18N2O2. The maximum Gasteiger partial charge on any atom is 0.310 e. The minimum Gasteiger partial charge on any atom is -0.460 e. The number of imidazole rings is 1. The number of rotatable bonds is 2. The van der Waals surface area contributed by atoms with Gasteiger partial charge in [-0.2, -0.15) is 0 Å². The first-order valence-electron chi connectivity index (χ1n) is 5.97. The third-order valence-corrected chi connectivity index (χ3v) is 2.56. The van der Waals surface area contributed by atoms with E-state index < -0.39 is 5.60 Å². The van der Waals surface area contributed by atoms with E-state index in [-0.39, 0.29) is 12.4 Å². The molecule has 4 heteroatoms. The van der Waals surface area contributed by atoms with E-state index in [0.717, 1.165) is 16.6 Å². The summed E-state index contributed by atoms with van der Waals surface area (Å²) in [5.74, 6) is -0.210. The molecule has 2 aromatic rings. The quantitative estimate of drug-likeness (QED) is 0.764. The molecule has 96 valence electrons. The molecule has 4 nitrogen and oxygen atoms in total. The summed E-state index contributed by atoms with van der Waals surface area (Å²) >= 11 is 0. The Balaban J connectivity index is 2.15. The molecule has 2 rings (SSSR count). The van der Waals surface area contributed by atoms with Crippen LogP contribution in [0.3, 0.4) is 0 Å². The predicted molar refractivity (Wildman–Crippen MR) is 70.3 cm³/mol. The minimum absolute atomic E-state index is 0.210. The Morgan fingerprint density at radius 1 is 1.39 bits per heavy atom. The van der Waals surface area contributed by atoms with Crippen LogP contribution in [0.5, 0.6) is 0 Å². The van der Waals surface area contributed by atoms with Crippen LogP contribution in [0.4, 0.5) is 0 Å². The molecule has 0 saturated carbocycles. The second-order valence-electron chi connectivity index (χ2n) is 5.44. The van der Waals surface area contributed by atoms with Gasteiger partial charge in [0.05, 0.1) is 23.8 Å². The maximum atomic E-state index is 11.7. The van der Waals surface area contributed by atoms with Crippen LogP contribution < -0.4 is 0 Å². The van der Waals surface area contributed by atoms with E-state index in [0.29, 0.717) is 0 Å². The smallest absolute Gasteiger partial charge is 0.310 e. The Hall–Kier alpha value is -1.84. The Labute approximate surface area is 107 Å². The fraction of sp³-hybridized carbons (Fsp3) is 0.429. The van der Waals surface area contributed by atoms with E-state index in [4.69, 9.17) is 4.74 Å². The van der Waals surface area contributed by atoms with Crippen molar-refractivity contribution in [2.24, 2.45) is 7.05 Å². The molecule has 18 heavy (non-hydrogen) atoms. The Kier molecular flexibility index (Phi) is 3.11. The zero-order valence-corrected chi connectivity index (χ0v) is 11.2. The molecule has 0 N–H and O–H groups in total. The van der Waals surface area contributed by atoms with Crippen LogP contribution in [-0.4, -0.2) is 21.1 Å². The molecule has 1 heterocycles. The number of hydrogen-bond acceptors (Lipinski definition) is 3. The summed E-state index contributed by atoms with van der Waals surface area (Å²) in [6.45, 7) is 5.60. The Morgan fingerprint density at radius 3 is 2.78 bits per heavy atom. The number of fused-ring (bicyclic) bond motifs is 1. The zero-order valence-electron chi connectivity index (χ0n) is 11.2. The van der Waals surface area contributed by atoms with Crippen molar-refractivity contribution in [2.45, 2.75) is 32.8 Å². The maximum absolute atomic E-state index is 11.7. The van der Waals surface area contributed by atoms with Crippen molar-refractivity contribution in [1.29, 1.82) is 0 Å². The SMILES string of the molecule is Cn1cnc2cc(CC(=O)OC(C)(C)C)ccc21. The van der Waals surface area contributed by atoms with Gasteiger partial charge in [-0.15, -0.1) is 0 Å². The van der Waals surface area contributed by atoms with Crippen LogP contribution in [0.1, 0.15) is 26.3 Å². The molecule has 0 saturated heterocycles. The standard InChI is InChI=1S/C14H18N2O2/c1-14(2,3)18-13(17)8-10-5-6-12-11(7-10)15-9-16(12)4/h5-7,9H,8H2,1-4H3. The van der Waals surface area contributed by atoms with E-state index in [2.05, 4.69) is 4.98 Å². The van der Waals surface area contributed by atoms with E-state index >= 15 is 0 Å². The van der Waals surface area contributed by atoms with Crippen molar-refractivity contribution in [3.8, 4) is 0 Å². The highest BCUT2D eigenvalue weighted by atomic mass is 16.6. The number of hydrogen-bond donors (Lipinski definition) is 0. The highest BCUT2D eigenvalue weighted by Crippen LogP contribution is 2.15. The summed E-state index contributed by atoms with van der Waals surface area (Å²) in [5.41, 5.74) is 2.45. The van der Waals surface area contributed by atoms with Gasteiger partial charge >= 0.3 is 5.97 Å². The molecule has 0 bridgehead atoms. The molecule has 0 unspecified atom stereocenters. The second-order valence-corrected chi connectivity index (χ2v) is 5.44. The van der Waals surface area contributed by atoms with Gasteiger partial charge in [0.15, 0.2) is 0 Å². The Bertz CT molecular complexity index is 579. The number of aryl methyl sites for hydroxylation is 1. The van der Waals surface area contributed by atoms with E-state index in [1.165, 1.54) is 0 Å². The van der Waals surface area contributed by atoms with Gasteiger partial charge in [0.25, 0.3) is 0 Å². The number of esters is 1. The van der Waals surface area contributed by atoms with Crippen molar-refractivity contribution >= 4 is 17.0 Å². The number of benzene rings is 1. The van der Waals surface area contributed by atoms with Gasteiger partial charge in [-0.1, -0.05) is 6.07 Å². The summed E-state index contributed by atoms with van der Waals surface area (Å²) in [6, 6.07) is 5.84. The van der Waals surface area contributed by atoms with Crippen LogP contribution in [0.2, 0.25) is 0 Å². The van der Waals surface area contributed by atoms with Crippen LogP contribution >= 0.6 is 0 Å².